The van der Waals surface area contributed by atoms with E-state index in [9.17, 15) is 0 Å². The summed E-state index contributed by atoms with van der Waals surface area (Å²) in [4.78, 5) is 0. The van der Waals surface area contributed by atoms with E-state index in [4.69, 9.17) is 37.4 Å². The second kappa shape index (κ2) is 9.47. The lowest BCUT2D eigenvalue weighted by Crippen LogP contribution is -2.26. The van der Waals surface area contributed by atoms with Crippen molar-refractivity contribution in [2.45, 2.75) is 32.1 Å². The summed E-state index contributed by atoms with van der Waals surface area (Å²) < 4.78 is 17.2. The highest BCUT2D eigenvalue weighted by molar-refractivity contribution is 6.35. The van der Waals surface area contributed by atoms with Gasteiger partial charge in [-0.15, -0.1) is 0 Å². The van der Waals surface area contributed by atoms with Crippen LogP contribution < -0.4 is 14.8 Å². The molecule has 1 aliphatic rings. The molecule has 6 heteroatoms. The number of nitrogens with one attached hydrogen (secondary N) is 1. The van der Waals surface area contributed by atoms with Crippen LogP contribution in [0.5, 0.6) is 11.5 Å². The number of para-hydroxylation sites is 1. The van der Waals surface area contributed by atoms with Gasteiger partial charge in [-0.2, -0.15) is 0 Å². The second-order valence-corrected chi connectivity index (χ2v) is 7.02. The van der Waals surface area contributed by atoms with E-state index in [1.54, 1.807) is 19.2 Å². The van der Waals surface area contributed by atoms with Crippen LogP contribution in [0.25, 0.3) is 0 Å². The van der Waals surface area contributed by atoms with Crippen molar-refractivity contribution >= 4 is 23.2 Å². The van der Waals surface area contributed by atoms with E-state index in [0.717, 1.165) is 37.1 Å². The van der Waals surface area contributed by atoms with E-state index in [0.29, 0.717) is 34.2 Å². The molecule has 1 atom stereocenters. The largest absolute Gasteiger partial charge is 0.493 e. The van der Waals surface area contributed by atoms with Crippen molar-refractivity contribution in [1.82, 2.24) is 5.32 Å². The number of ether oxygens (including phenoxy) is 3. The van der Waals surface area contributed by atoms with Gasteiger partial charge in [-0.25, -0.2) is 0 Å². The third-order valence-corrected chi connectivity index (χ3v) is 5.12. The molecule has 0 unspecified atom stereocenters. The van der Waals surface area contributed by atoms with Crippen LogP contribution >= 0.6 is 23.2 Å². The molecule has 26 heavy (non-hydrogen) atoms. The molecular formula is C20H23Cl2NO3. The molecule has 0 amide bonds. The summed E-state index contributed by atoms with van der Waals surface area (Å²) in [5, 5.41) is 4.62. The Labute approximate surface area is 164 Å². The van der Waals surface area contributed by atoms with Crippen LogP contribution in [-0.4, -0.2) is 26.4 Å². The minimum atomic E-state index is 0.275. The first kappa shape index (κ1) is 19.3. The molecule has 1 aliphatic heterocycles. The van der Waals surface area contributed by atoms with Gasteiger partial charge in [-0.1, -0.05) is 41.4 Å². The lowest BCUT2D eigenvalue weighted by molar-refractivity contribution is 0.110. The normalized spacial score (nSPS) is 16.7. The van der Waals surface area contributed by atoms with E-state index in [-0.39, 0.29) is 6.61 Å². The van der Waals surface area contributed by atoms with E-state index in [1.165, 1.54) is 0 Å². The highest BCUT2D eigenvalue weighted by atomic mass is 35.5. The van der Waals surface area contributed by atoms with Crippen LogP contribution in [0.4, 0.5) is 0 Å². The van der Waals surface area contributed by atoms with E-state index in [1.807, 2.05) is 24.3 Å². The zero-order valence-corrected chi connectivity index (χ0v) is 16.3. The summed E-state index contributed by atoms with van der Waals surface area (Å²) in [6.07, 6.45) is 2.55. The van der Waals surface area contributed by atoms with Crippen LogP contribution in [0.3, 0.4) is 0 Å². The van der Waals surface area contributed by atoms with Crippen LogP contribution in [0, 0.1) is 0 Å². The van der Waals surface area contributed by atoms with Gasteiger partial charge in [-0.05, 0) is 31.0 Å². The molecule has 1 heterocycles. The predicted molar refractivity (Wildman–Crippen MR) is 104 cm³/mol. The van der Waals surface area contributed by atoms with Crippen molar-refractivity contribution in [3.05, 3.63) is 57.6 Å². The number of benzene rings is 2. The second-order valence-electron chi connectivity index (χ2n) is 6.20. The molecule has 0 saturated carbocycles. The zero-order chi connectivity index (χ0) is 18.4. The number of hydrogen-bond acceptors (Lipinski definition) is 4. The molecule has 0 aliphatic carbocycles. The van der Waals surface area contributed by atoms with Crippen LogP contribution in [0.2, 0.25) is 10.0 Å². The Hall–Kier alpha value is -1.46. The first-order valence-electron chi connectivity index (χ1n) is 8.73. The fraction of sp³-hybridized carbons (Fsp3) is 0.400. The van der Waals surface area contributed by atoms with Crippen molar-refractivity contribution in [2.24, 2.45) is 0 Å². The van der Waals surface area contributed by atoms with Gasteiger partial charge in [0.05, 0.1) is 13.2 Å². The molecule has 0 spiro atoms. The van der Waals surface area contributed by atoms with Gasteiger partial charge in [0.15, 0.2) is 11.5 Å². The van der Waals surface area contributed by atoms with Crippen molar-refractivity contribution in [3.8, 4) is 11.5 Å². The monoisotopic (exact) mass is 395 g/mol. The zero-order valence-electron chi connectivity index (χ0n) is 14.8. The average molecular weight is 396 g/mol. The number of hydrogen-bond donors (Lipinski definition) is 1. The summed E-state index contributed by atoms with van der Waals surface area (Å²) >= 11 is 12.5. The van der Waals surface area contributed by atoms with Gasteiger partial charge in [0, 0.05) is 40.9 Å². The maximum atomic E-state index is 6.24. The van der Waals surface area contributed by atoms with Gasteiger partial charge in [-0.3, -0.25) is 0 Å². The molecule has 1 saturated heterocycles. The Morgan fingerprint density at radius 3 is 2.62 bits per heavy atom. The predicted octanol–water partition coefficient (Wildman–Crippen LogP) is 4.85. The van der Waals surface area contributed by atoms with Crippen molar-refractivity contribution < 1.29 is 14.2 Å². The quantitative estimate of drug-likeness (QED) is 0.693. The number of halogens is 2. The minimum absolute atomic E-state index is 0.275. The van der Waals surface area contributed by atoms with E-state index >= 15 is 0 Å². The fourth-order valence-corrected chi connectivity index (χ4v) is 3.52. The minimum Gasteiger partial charge on any atom is -0.493 e. The molecule has 2 aromatic carbocycles. The van der Waals surface area contributed by atoms with Crippen molar-refractivity contribution in [3.63, 3.8) is 0 Å². The molecule has 2 aromatic rings. The topological polar surface area (TPSA) is 39.7 Å². The highest BCUT2D eigenvalue weighted by Gasteiger charge is 2.16. The van der Waals surface area contributed by atoms with Gasteiger partial charge in [0.2, 0.25) is 0 Å². The lowest BCUT2D eigenvalue weighted by atomic mass is 10.1. The Morgan fingerprint density at radius 2 is 1.92 bits per heavy atom. The number of rotatable bonds is 8. The summed E-state index contributed by atoms with van der Waals surface area (Å²) in [5.74, 6) is 1.38. The van der Waals surface area contributed by atoms with Gasteiger partial charge in [0.25, 0.3) is 0 Å². The Balaban J connectivity index is 1.69. The lowest BCUT2D eigenvalue weighted by Gasteiger charge is -2.17. The molecule has 1 N–H and O–H groups in total. The van der Waals surface area contributed by atoms with Gasteiger partial charge >= 0.3 is 0 Å². The Bertz CT molecular complexity index is 713. The first-order valence-corrected chi connectivity index (χ1v) is 9.48. The maximum Gasteiger partial charge on any atom is 0.166 e. The molecule has 0 bridgehead atoms. The summed E-state index contributed by atoms with van der Waals surface area (Å²) in [7, 11) is 1.63. The molecule has 140 valence electrons. The van der Waals surface area contributed by atoms with Crippen LogP contribution in [-0.2, 0) is 17.9 Å². The third kappa shape index (κ3) is 4.83. The highest BCUT2D eigenvalue weighted by Crippen LogP contribution is 2.33. The summed E-state index contributed by atoms with van der Waals surface area (Å²) in [6.45, 7) is 2.63. The molecule has 0 aromatic heterocycles. The summed E-state index contributed by atoms with van der Waals surface area (Å²) in [6, 6.07) is 11.3. The molecular weight excluding hydrogens is 373 g/mol. The van der Waals surface area contributed by atoms with Crippen LogP contribution in [0.1, 0.15) is 24.0 Å². The van der Waals surface area contributed by atoms with E-state index in [2.05, 4.69) is 5.32 Å². The first-order chi connectivity index (χ1) is 12.7. The van der Waals surface area contributed by atoms with Crippen molar-refractivity contribution in [2.75, 3.05) is 20.3 Å². The SMILES string of the molecule is COc1cccc(CNC[C@H]2CCCO2)c1OCc1c(Cl)cccc1Cl. The maximum absolute atomic E-state index is 6.24. The number of methoxy groups -OCH3 is 1. The fourth-order valence-electron chi connectivity index (χ4n) is 3.01. The Kier molecular flexibility index (Phi) is 7.03. The van der Waals surface area contributed by atoms with Gasteiger partial charge < -0.3 is 19.5 Å². The smallest absolute Gasteiger partial charge is 0.166 e. The van der Waals surface area contributed by atoms with Crippen LogP contribution in [0.15, 0.2) is 36.4 Å². The molecule has 4 nitrogen and oxygen atoms in total. The molecule has 0 radical (unpaired) electrons. The third-order valence-electron chi connectivity index (χ3n) is 4.41. The Morgan fingerprint density at radius 1 is 1.15 bits per heavy atom. The standard InChI is InChI=1S/C20H23Cl2NO3/c1-24-19-9-2-5-14(11-23-12-15-6-4-10-25-15)20(19)26-13-16-17(21)7-3-8-18(16)22/h2-3,5,7-9,15,23H,4,6,10-13H2,1H3/t15-/m1/s1. The molecule has 3 rings (SSSR count). The summed E-state index contributed by atoms with van der Waals surface area (Å²) in [5.41, 5.74) is 1.78. The van der Waals surface area contributed by atoms with Gasteiger partial charge in [0.1, 0.15) is 6.61 Å². The average Bonchev–Trinajstić information content (AvgIpc) is 3.15. The van der Waals surface area contributed by atoms with E-state index < -0.39 is 0 Å². The van der Waals surface area contributed by atoms with Crippen molar-refractivity contribution in [1.29, 1.82) is 0 Å². The molecule has 1 fully saturated rings.